The van der Waals surface area contributed by atoms with E-state index in [1.54, 1.807) is 24.3 Å². The van der Waals surface area contributed by atoms with Crippen molar-refractivity contribution in [2.45, 2.75) is 37.2 Å². The highest BCUT2D eigenvalue weighted by molar-refractivity contribution is 7.89. The van der Waals surface area contributed by atoms with Crippen molar-refractivity contribution in [3.63, 3.8) is 0 Å². The number of nitrogens with zero attached hydrogens (tertiary/aromatic N) is 1. The van der Waals surface area contributed by atoms with Gasteiger partial charge in [0, 0.05) is 22.6 Å². The maximum atomic E-state index is 13.3. The van der Waals surface area contributed by atoms with E-state index in [1.165, 1.54) is 34.1 Å². The van der Waals surface area contributed by atoms with Crippen LogP contribution in [0.4, 0.5) is 0 Å². The lowest BCUT2D eigenvalue weighted by Gasteiger charge is -2.23. The summed E-state index contributed by atoms with van der Waals surface area (Å²) < 4.78 is 27.8. The van der Waals surface area contributed by atoms with E-state index in [9.17, 15) is 13.2 Å². The van der Waals surface area contributed by atoms with Crippen LogP contribution in [0.3, 0.4) is 0 Å². The van der Waals surface area contributed by atoms with E-state index in [0.29, 0.717) is 10.0 Å². The Morgan fingerprint density at radius 2 is 1.45 bits per heavy atom. The van der Waals surface area contributed by atoms with Gasteiger partial charge in [-0.1, -0.05) is 65.7 Å². The second-order valence-electron chi connectivity index (χ2n) is 7.85. The molecule has 1 N–H and O–H groups in total. The molecule has 3 rings (SSSR count). The molecule has 0 aliphatic rings. The van der Waals surface area contributed by atoms with Gasteiger partial charge in [-0.15, -0.1) is 0 Å². The normalized spacial score (nSPS) is 12.5. The molecule has 1 amide bonds. The molecule has 3 aromatic carbocycles. The Morgan fingerprint density at radius 3 is 2.06 bits per heavy atom. The standard InChI is InChI=1S/C25H26Cl2N2O3S/c1-19(7-8-20-5-3-2-4-6-20)28-25(30)18-29(17-21-9-11-22(26)12-10-21)33(31,32)24-15-13-23(27)14-16-24/h2-6,9-16,19H,7-8,17-18H2,1H3,(H,28,30)/t19-/m0/s1. The molecule has 0 bridgehead atoms. The maximum Gasteiger partial charge on any atom is 0.243 e. The van der Waals surface area contributed by atoms with E-state index < -0.39 is 10.0 Å². The van der Waals surface area contributed by atoms with Crippen molar-refractivity contribution in [1.29, 1.82) is 0 Å². The van der Waals surface area contributed by atoms with Crippen LogP contribution < -0.4 is 5.32 Å². The van der Waals surface area contributed by atoms with Crippen molar-refractivity contribution in [3.05, 3.63) is 100 Å². The minimum atomic E-state index is -3.93. The number of rotatable bonds is 10. The Morgan fingerprint density at radius 1 is 0.879 bits per heavy atom. The molecule has 0 saturated heterocycles. The molecule has 0 spiro atoms. The van der Waals surface area contributed by atoms with E-state index in [0.717, 1.165) is 18.4 Å². The van der Waals surface area contributed by atoms with Gasteiger partial charge in [0.2, 0.25) is 15.9 Å². The van der Waals surface area contributed by atoms with Crippen LogP contribution in [0.25, 0.3) is 0 Å². The van der Waals surface area contributed by atoms with Crippen molar-refractivity contribution in [2.24, 2.45) is 0 Å². The highest BCUT2D eigenvalue weighted by Crippen LogP contribution is 2.21. The van der Waals surface area contributed by atoms with E-state index in [-0.39, 0.29) is 29.9 Å². The summed E-state index contributed by atoms with van der Waals surface area (Å²) in [5.41, 5.74) is 1.91. The minimum Gasteiger partial charge on any atom is -0.352 e. The van der Waals surface area contributed by atoms with Crippen LogP contribution in [0, 0.1) is 0 Å². The third kappa shape index (κ3) is 7.57. The van der Waals surface area contributed by atoms with Crippen LogP contribution >= 0.6 is 23.2 Å². The van der Waals surface area contributed by atoms with Crippen molar-refractivity contribution >= 4 is 39.1 Å². The van der Waals surface area contributed by atoms with Crippen LogP contribution in [0.2, 0.25) is 10.0 Å². The molecule has 0 saturated carbocycles. The fraction of sp³-hybridized carbons (Fsp3) is 0.240. The molecular formula is C25H26Cl2N2O3S. The zero-order valence-electron chi connectivity index (χ0n) is 18.2. The summed E-state index contributed by atoms with van der Waals surface area (Å²) in [4.78, 5) is 12.9. The molecular weight excluding hydrogens is 479 g/mol. The number of nitrogens with one attached hydrogen (secondary N) is 1. The number of hydrogen-bond donors (Lipinski definition) is 1. The summed E-state index contributed by atoms with van der Waals surface area (Å²) in [6.45, 7) is 1.65. The number of carbonyl (C=O) groups excluding carboxylic acids is 1. The molecule has 0 radical (unpaired) electrons. The zero-order valence-corrected chi connectivity index (χ0v) is 20.6. The average Bonchev–Trinajstić information content (AvgIpc) is 2.79. The van der Waals surface area contributed by atoms with Crippen LogP contribution in [0.5, 0.6) is 0 Å². The predicted octanol–water partition coefficient (Wildman–Crippen LogP) is 5.32. The molecule has 1 atom stereocenters. The van der Waals surface area contributed by atoms with Gasteiger partial charge in [-0.2, -0.15) is 4.31 Å². The SMILES string of the molecule is C[C@@H](CCc1ccccc1)NC(=O)CN(Cc1ccc(Cl)cc1)S(=O)(=O)c1ccc(Cl)cc1. The summed E-state index contributed by atoms with van der Waals surface area (Å²) in [6, 6.07) is 22.7. The van der Waals surface area contributed by atoms with Crippen molar-refractivity contribution < 1.29 is 13.2 Å². The smallest absolute Gasteiger partial charge is 0.243 e. The largest absolute Gasteiger partial charge is 0.352 e. The molecule has 8 heteroatoms. The predicted molar refractivity (Wildman–Crippen MR) is 133 cm³/mol. The van der Waals surface area contributed by atoms with E-state index in [1.807, 2.05) is 37.3 Å². The second kappa shape index (κ2) is 11.7. The number of benzene rings is 3. The first-order chi connectivity index (χ1) is 15.7. The molecule has 0 heterocycles. The van der Waals surface area contributed by atoms with Gasteiger partial charge >= 0.3 is 0 Å². The summed E-state index contributed by atoms with van der Waals surface area (Å²) >= 11 is 11.9. The quantitative estimate of drug-likeness (QED) is 0.406. The number of halogens is 2. The van der Waals surface area contributed by atoms with Gasteiger partial charge in [-0.3, -0.25) is 4.79 Å². The highest BCUT2D eigenvalue weighted by Gasteiger charge is 2.27. The Balaban J connectivity index is 1.72. The molecule has 174 valence electrons. The lowest BCUT2D eigenvalue weighted by atomic mass is 10.1. The summed E-state index contributed by atoms with van der Waals surface area (Å²) in [5.74, 6) is -0.359. The first kappa shape index (κ1) is 25.2. The Labute approximate surface area is 205 Å². The molecule has 0 unspecified atom stereocenters. The monoisotopic (exact) mass is 504 g/mol. The first-order valence-electron chi connectivity index (χ1n) is 10.6. The third-order valence-electron chi connectivity index (χ3n) is 5.16. The fourth-order valence-electron chi connectivity index (χ4n) is 3.36. The molecule has 5 nitrogen and oxygen atoms in total. The van der Waals surface area contributed by atoms with Gasteiger partial charge in [-0.25, -0.2) is 8.42 Å². The number of hydrogen-bond acceptors (Lipinski definition) is 3. The van der Waals surface area contributed by atoms with Gasteiger partial charge in [0.1, 0.15) is 0 Å². The second-order valence-corrected chi connectivity index (χ2v) is 10.7. The van der Waals surface area contributed by atoms with E-state index in [2.05, 4.69) is 5.32 Å². The van der Waals surface area contributed by atoms with Crippen LogP contribution in [-0.4, -0.2) is 31.2 Å². The molecule has 0 aliphatic heterocycles. The lowest BCUT2D eigenvalue weighted by Crippen LogP contribution is -2.43. The van der Waals surface area contributed by atoms with E-state index in [4.69, 9.17) is 23.2 Å². The molecule has 0 aliphatic carbocycles. The Hall–Kier alpha value is -2.38. The van der Waals surface area contributed by atoms with Gasteiger partial charge in [0.05, 0.1) is 11.4 Å². The molecule has 0 aromatic heterocycles. The molecule has 3 aromatic rings. The first-order valence-corrected chi connectivity index (χ1v) is 12.8. The molecule has 33 heavy (non-hydrogen) atoms. The van der Waals surface area contributed by atoms with Gasteiger partial charge < -0.3 is 5.32 Å². The number of aryl methyl sites for hydroxylation is 1. The van der Waals surface area contributed by atoms with Crippen LogP contribution in [0.15, 0.2) is 83.8 Å². The topological polar surface area (TPSA) is 66.5 Å². The summed E-state index contributed by atoms with van der Waals surface area (Å²) in [5, 5.41) is 3.91. The van der Waals surface area contributed by atoms with Crippen LogP contribution in [0.1, 0.15) is 24.5 Å². The van der Waals surface area contributed by atoms with Crippen molar-refractivity contribution in [3.8, 4) is 0 Å². The lowest BCUT2D eigenvalue weighted by molar-refractivity contribution is -0.122. The zero-order chi connectivity index (χ0) is 23.8. The van der Waals surface area contributed by atoms with E-state index >= 15 is 0 Å². The minimum absolute atomic E-state index is 0.0357. The highest BCUT2D eigenvalue weighted by atomic mass is 35.5. The Kier molecular flexibility index (Phi) is 8.92. The molecule has 0 fully saturated rings. The van der Waals surface area contributed by atoms with Crippen molar-refractivity contribution in [1.82, 2.24) is 9.62 Å². The van der Waals surface area contributed by atoms with Gasteiger partial charge in [0.15, 0.2) is 0 Å². The fourth-order valence-corrected chi connectivity index (χ4v) is 4.99. The number of amides is 1. The average molecular weight is 505 g/mol. The summed E-state index contributed by atoms with van der Waals surface area (Å²) in [6.07, 6.45) is 1.57. The van der Waals surface area contributed by atoms with Gasteiger partial charge in [0.25, 0.3) is 0 Å². The number of sulfonamides is 1. The van der Waals surface area contributed by atoms with Crippen LogP contribution in [-0.2, 0) is 27.8 Å². The third-order valence-corrected chi connectivity index (χ3v) is 7.47. The maximum absolute atomic E-state index is 13.3. The van der Waals surface area contributed by atoms with Gasteiger partial charge in [-0.05, 0) is 67.3 Å². The number of carbonyl (C=O) groups is 1. The summed E-state index contributed by atoms with van der Waals surface area (Å²) in [7, 11) is -3.93. The Bertz CT molecular complexity index is 1150. The van der Waals surface area contributed by atoms with Crippen molar-refractivity contribution in [2.75, 3.05) is 6.54 Å².